The third kappa shape index (κ3) is 4.62. The van der Waals surface area contributed by atoms with Gasteiger partial charge in [-0.2, -0.15) is 4.98 Å². The van der Waals surface area contributed by atoms with Crippen LogP contribution in [-0.4, -0.2) is 20.5 Å². The molecule has 0 aliphatic carbocycles. The molecule has 3 rings (SSSR count). The van der Waals surface area contributed by atoms with Crippen molar-refractivity contribution in [2.45, 2.75) is 26.3 Å². The Morgan fingerprint density at radius 1 is 0.885 bits per heavy atom. The highest BCUT2D eigenvalue weighted by Crippen LogP contribution is 2.33. The van der Waals surface area contributed by atoms with E-state index in [1.54, 1.807) is 24.4 Å². The summed E-state index contributed by atoms with van der Waals surface area (Å²) < 4.78 is 0. The van der Waals surface area contributed by atoms with Crippen molar-refractivity contribution in [2.24, 2.45) is 0 Å². The Bertz CT molecular complexity index is 887. The van der Waals surface area contributed by atoms with Gasteiger partial charge in [0.1, 0.15) is 5.82 Å². The van der Waals surface area contributed by atoms with Gasteiger partial charge in [0.15, 0.2) is 0 Å². The van der Waals surface area contributed by atoms with Gasteiger partial charge < -0.3 is 10.6 Å². The number of nitrogens with one attached hydrogen (secondary N) is 2. The lowest BCUT2D eigenvalue weighted by atomic mass is 10.1. The summed E-state index contributed by atoms with van der Waals surface area (Å²) in [5.41, 5.74) is 1.85. The number of hydrogen-bond acceptors (Lipinski definition) is 5. The topological polar surface area (TPSA) is 62.7 Å². The Morgan fingerprint density at radius 3 is 2.23 bits per heavy atom. The molecule has 0 fully saturated rings. The number of benzene rings is 1. The molecule has 0 atom stereocenters. The van der Waals surface area contributed by atoms with Gasteiger partial charge in [-0.3, -0.25) is 4.98 Å². The summed E-state index contributed by atoms with van der Waals surface area (Å²) in [4.78, 5) is 13.5. The van der Waals surface area contributed by atoms with E-state index in [-0.39, 0.29) is 5.54 Å². The number of nitrogens with zero attached hydrogens (tertiary/aromatic N) is 3. The Hall–Kier alpha value is -2.37. The zero-order valence-corrected chi connectivity index (χ0v) is 16.2. The summed E-state index contributed by atoms with van der Waals surface area (Å²) in [7, 11) is 0. The fourth-order valence-electron chi connectivity index (χ4n) is 2.29. The number of hydrogen-bond donors (Lipinski definition) is 2. The maximum atomic E-state index is 6.26. The quantitative estimate of drug-likeness (QED) is 0.592. The molecule has 5 nitrogen and oxygen atoms in total. The zero-order chi connectivity index (χ0) is 18.7. The maximum Gasteiger partial charge on any atom is 0.225 e. The van der Waals surface area contributed by atoms with Crippen LogP contribution in [0.1, 0.15) is 20.8 Å². The summed E-state index contributed by atoms with van der Waals surface area (Å²) in [6, 6.07) is 12.8. The lowest BCUT2D eigenvalue weighted by Gasteiger charge is -2.21. The SMILES string of the molecule is CC(C)(C)Nc1nc(Nc2c(Cl)cccc2Cl)cc(-c2ccccn2)n1. The second-order valence-electron chi connectivity index (χ2n) is 6.77. The van der Waals surface area contributed by atoms with Crippen molar-refractivity contribution >= 4 is 40.7 Å². The number of pyridine rings is 1. The molecule has 2 aromatic heterocycles. The zero-order valence-electron chi connectivity index (χ0n) is 14.7. The van der Waals surface area contributed by atoms with E-state index in [0.29, 0.717) is 33.2 Å². The first-order valence-corrected chi connectivity index (χ1v) is 8.87. The summed E-state index contributed by atoms with van der Waals surface area (Å²) in [6.07, 6.45) is 1.73. The highest BCUT2D eigenvalue weighted by Gasteiger charge is 2.15. The predicted octanol–water partition coefficient (Wildman–Crippen LogP) is 5.80. The van der Waals surface area contributed by atoms with E-state index in [1.807, 2.05) is 45.0 Å². The lowest BCUT2D eigenvalue weighted by Crippen LogP contribution is -2.27. The number of rotatable bonds is 4. The summed E-state index contributed by atoms with van der Waals surface area (Å²) in [5.74, 6) is 1.06. The smallest absolute Gasteiger partial charge is 0.225 e. The molecule has 1 aromatic carbocycles. The molecule has 2 N–H and O–H groups in total. The lowest BCUT2D eigenvalue weighted by molar-refractivity contribution is 0.626. The normalized spacial score (nSPS) is 11.3. The van der Waals surface area contributed by atoms with E-state index < -0.39 is 0 Å². The maximum absolute atomic E-state index is 6.26. The summed E-state index contributed by atoms with van der Waals surface area (Å²) in [6.45, 7) is 6.13. The van der Waals surface area contributed by atoms with Gasteiger partial charge in [0, 0.05) is 17.8 Å². The molecule has 26 heavy (non-hydrogen) atoms. The molecule has 0 amide bonds. The van der Waals surface area contributed by atoms with E-state index in [0.717, 1.165) is 5.69 Å². The van der Waals surface area contributed by atoms with Crippen LogP contribution in [0.15, 0.2) is 48.7 Å². The molecule has 2 heterocycles. The van der Waals surface area contributed by atoms with E-state index in [2.05, 4.69) is 25.6 Å². The fraction of sp³-hybridized carbons (Fsp3) is 0.211. The molecule has 0 spiro atoms. The molecule has 0 bridgehead atoms. The molecule has 134 valence electrons. The van der Waals surface area contributed by atoms with E-state index in [9.17, 15) is 0 Å². The standard InChI is InChI=1S/C19H19Cl2N5/c1-19(2,3)26-18-23-15(14-9-4-5-10-22-14)11-16(25-18)24-17-12(20)7-6-8-13(17)21/h4-11H,1-3H3,(H2,23,24,25,26). The average molecular weight is 388 g/mol. The Kier molecular flexibility index (Phi) is 5.30. The molecule has 0 aliphatic rings. The largest absolute Gasteiger partial charge is 0.350 e. The van der Waals surface area contributed by atoms with Crippen molar-refractivity contribution in [2.75, 3.05) is 10.6 Å². The van der Waals surface area contributed by atoms with Gasteiger partial charge in [-0.05, 0) is 45.0 Å². The number of para-hydroxylation sites is 1. The van der Waals surface area contributed by atoms with Crippen LogP contribution in [0.25, 0.3) is 11.4 Å². The average Bonchev–Trinajstić information content (AvgIpc) is 2.57. The molecule has 0 saturated carbocycles. The van der Waals surface area contributed by atoms with Crippen LogP contribution in [0.5, 0.6) is 0 Å². The Morgan fingerprint density at radius 2 is 1.62 bits per heavy atom. The van der Waals surface area contributed by atoms with Crippen LogP contribution >= 0.6 is 23.2 Å². The van der Waals surface area contributed by atoms with Gasteiger partial charge >= 0.3 is 0 Å². The molecular formula is C19H19Cl2N5. The van der Waals surface area contributed by atoms with Gasteiger partial charge in [-0.1, -0.05) is 35.3 Å². The van der Waals surface area contributed by atoms with Crippen molar-refractivity contribution in [3.8, 4) is 11.4 Å². The minimum atomic E-state index is -0.192. The second-order valence-corrected chi connectivity index (χ2v) is 7.59. The highest BCUT2D eigenvalue weighted by molar-refractivity contribution is 6.39. The van der Waals surface area contributed by atoms with Crippen LogP contribution in [0.3, 0.4) is 0 Å². The van der Waals surface area contributed by atoms with Crippen LogP contribution in [0.2, 0.25) is 10.0 Å². The van der Waals surface area contributed by atoms with Gasteiger partial charge in [0.2, 0.25) is 5.95 Å². The van der Waals surface area contributed by atoms with E-state index in [1.165, 1.54) is 0 Å². The first-order valence-electron chi connectivity index (χ1n) is 8.11. The molecule has 0 aliphatic heterocycles. The molecule has 0 saturated heterocycles. The monoisotopic (exact) mass is 387 g/mol. The highest BCUT2D eigenvalue weighted by atomic mass is 35.5. The molecule has 0 unspecified atom stereocenters. The number of halogens is 2. The van der Waals surface area contributed by atoms with Crippen molar-refractivity contribution in [3.05, 3.63) is 58.7 Å². The van der Waals surface area contributed by atoms with Crippen molar-refractivity contribution in [1.29, 1.82) is 0 Å². The summed E-state index contributed by atoms with van der Waals surface area (Å²) >= 11 is 12.5. The predicted molar refractivity (Wildman–Crippen MR) is 108 cm³/mol. The summed E-state index contributed by atoms with van der Waals surface area (Å²) in [5, 5.41) is 7.51. The Balaban J connectivity index is 2.05. The van der Waals surface area contributed by atoms with E-state index in [4.69, 9.17) is 23.2 Å². The van der Waals surface area contributed by atoms with Crippen molar-refractivity contribution < 1.29 is 0 Å². The first-order chi connectivity index (χ1) is 12.3. The fourth-order valence-corrected chi connectivity index (χ4v) is 2.79. The first kappa shape index (κ1) is 18.4. The van der Waals surface area contributed by atoms with Gasteiger partial charge in [0.25, 0.3) is 0 Å². The minimum Gasteiger partial charge on any atom is -0.350 e. The number of aromatic nitrogens is 3. The van der Waals surface area contributed by atoms with Crippen molar-refractivity contribution in [1.82, 2.24) is 15.0 Å². The number of anilines is 3. The van der Waals surface area contributed by atoms with Crippen LogP contribution in [0.4, 0.5) is 17.5 Å². The van der Waals surface area contributed by atoms with Gasteiger partial charge in [-0.15, -0.1) is 0 Å². The molecule has 0 radical (unpaired) electrons. The Labute approximate surface area is 162 Å². The van der Waals surface area contributed by atoms with Gasteiger partial charge in [-0.25, -0.2) is 4.98 Å². The molecular weight excluding hydrogens is 369 g/mol. The third-order valence-electron chi connectivity index (χ3n) is 3.36. The molecule has 7 heteroatoms. The van der Waals surface area contributed by atoms with Crippen molar-refractivity contribution in [3.63, 3.8) is 0 Å². The van der Waals surface area contributed by atoms with Gasteiger partial charge in [0.05, 0.1) is 27.1 Å². The van der Waals surface area contributed by atoms with E-state index >= 15 is 0 Å². The minimum absolute atomic E-state index is 0.192. The molecule has 3 aromatic rings. The van der Waals surface area contributed by atoms with Crippen LogP contribution in [0, 0.1) is 0 Å². The van der Waals surface area contributed by atoms with Crippen LogP contribution < -0.4 is 10.6 Å². The third-order valence-corrected chi connectivity index (χ3v) is 3.99. The van der Waals surface area contributed by atoms with Crippen LogP contribution in [-0.2, 0) is 0 Å². The second kappa shape index (κ2) is 7.48.